The van der Waals surface area contributed by atoms with Crippen molar-refractivity contribution in [1.82, 2.24) is 0 Å². The summed E-state index contributed by atoms with van der Waals surface area (Å²) in [6.45, 7) is 4.54. The van der Waals surface area contributed by atoms with E-state index in [0.717, 1.165) is 18.4 Å². The standard InChI is InChI=1S/C16H23FO/c1-11-7-12(2)9-14(8-11)16(18)10-13-3-5-15(17)6-4-13/h3-6,11-12,14,16,18H,7-10H2,1-2H3. The third-order valence-electron chi connectivity index (χ3n) is 4.12. The second-order valence-electron chi connectivity index (χ2n) is 6.08. The molecule has 1 aliphatic rings. The molecule has 3 unspecified atom stereocenters. The van der Waals surface area contributed by atoms with Crippen LogP contribution in [0.4, 0.5) is 4.39 Å². The Hall–Kier alpha value is -0.890. The predicted octanol–water partition coefficient (Wildman–Crippen LogP) is 3.80. The predicted molar refractivity (Wildman–Crippen MR) is 71.8 cm³/mol. The van der Waals surface area contributed by atoms with Crippen LogP contribution in [0.1, 0.15) is 38.7 Å². The van der Waals surface area contributed by atoms with E-state index in [4.69, 9.17) is 0 Å². The van der Waals surface area contributed by atoms with Crippen LogP contribution in [-0.2, 0) is 6.42 Å². The van der Waals surface area contributed by atoms with Gasteiger partial charge in [0.2, 0.25) is 0 Å². The zero-order chi connectivity index (χ0) is 13.1. The zero-order valence-corrected chi connectivity index (χ0v) is 11.3. The van der Waals surface area contributed by atoms with E-state index in [9.17, 15) is 9.50 Å². The maximum Gasteiger partial charge on any atom is 0.123 e. The molecule has 18 heavy (non-hydrogen) atoms. The number of rotatable bonds is 3. The summed E-state index contributed by atoms with van der Waals surface area (Å²) < 4.78 is 12.8. The van der Waals surface area contributed by atoms with Crippen LogP contribution in [0.15, 0.2) is 24.3 Å². The molecule has 0 aliphatic heterocycles. The maximum atomic E-state index is 12.8. The Labute approximate surface area is 109 Å². The van der Waals surface area contributed by atoms with Crippen molar-refractivity contribution in [2.75, 3.05) is 0 Å². The molecular formula is C16H23FO. The highest BCUT2D eigenvalue weighted by molar-refractivity contribution is 5.17. The number of benzene rings is 1. The molecule has 1 N–H and O–H groups in total. The number of hydrogen-bond acceptors (Lipinski definition) is 1. The molecule has 0 spiro atoms. The van der Waals surface area contributed by atoms with Gasteiger partial charge in [0.25, 0.3) is 0 Å². The molecule has 100 valence electrons. The molecule has 1 aliphatic carbocycles. The summed E-state index contributed by atoms with van der Waals surface area (Å²) in [6, 6.07) is 6.48. The molecule has 0 bridgehead atoms. The quantitative estimate of drug-likeness (QED) is 0.865. The molecular weight excluding hydrogens is 227 g/mol. The van der Waals surface area contributed by atoms with Crippen molar-refractivity contribution in [3.8, 4) is 0 Å². The van der Waals surface area contributed by atoms with E-state index in [1.165, 1.54) is 18.6 Å². The Morgan fingerprint density at radius 1 is 1.11 bits per heavy atom. The normalized spacial score (nSPS) is 30.1. The van der Waals surface area contributed by atoms with Crippen molar-refractivity contribution < 1.29 is 9.50 Å². The summed E-state index contributed by atoms with van der Waals surface area (Å²) in [5.74, 6) is 1.60. The average Bonchev–Trinajstić information content (AvgIpc) is 2.31. The van der Waals surface area contributed by atoms with Gasteiger partial charge < -0.3 is 5.11 Å². The smallest absolute Gasteiger partial charge is 0.123 e. The molecule has 1 aromatic rings. The Morgan fingerprint density at radius 3 is 2.22 bits per heavy atom. The summed E-state index contributed by atoms with van der Waals surface area (Å²) in [6.07, 6.45) is 3.87. The fourth-order valence-electron chi connectivity index (χ4n) is 3.35. The van der Waals surface area contributed by atoms with E-state index in [1.54, 1.807) is 12.1 Å². The molecule has 0 radical (unpaired) electrons. The minimum Gasteiger partial charge on any atom is -0.392 e. The van der Waals surface area contributed by atoms with Crippen molar-refractivity contribution >= 4 is 0 Å². The first-order chi connectivity index (χ1) is 8.54. The largest absolute Gasteiger partial charge is 0.392 e. The van der Waals surface area contributed by atoms with Gasteiger partial charge in [0.15, 0.2) is 0 Å². The summed E-state index contributed by atoms with van der Waals surface area (Å²) in [4.78, 5) is 0. The van der Waals surface area contributed by atoms with Crippen LogP contribution in [0.25, 0.3) is 0 Å². The molecule has 1 nitrogen and oxygen atoms in total. The fraction of sp³-hybridized carbons (Fsp3) is 0.625. The highest BCUT2D eigenvalue weighted by atomic mass is 19.1. The molecule has 1 aromatic carbocycles. The van der Waals surface area contributed by atoms with Gasteiger partial charge in [0, 0.05) is 0 Å². The Bertz CT molecular complexity index is 363. The van der Waals surface area contributed by atoms with Gasteiger partial charge in [-0.1, -0.05) is 26.0 Å². The van der Waals surface area contributed by atoms with Gasteiger partial charge in [-0.2, -0.15) is 0 Å². The molecule has 0 amide bonds. The second kappa shape index (κ2) is 5.83. The fourth-order valence-corrected chi connectivity index (χ4v) is 3.35. The summed E-state index contributed by atoms with van der Waals surface area (Å²) >= 11 is 0. The summed E-state index contributed by atoms with van der Waals surface area (Å²) in [5.41, 5.74) is 1.02. The van der Waals surface area contributed by atoms with E-state index in [0.29, 0.717) is 24.2 Å². The Balaban J connectivity index is 1.94. The van der Waals surface area contributed by atoms with Crippen molar-refractivity contribution in [3.05, 3.63) is 35.6 Å². The van der Waals surface area contributed by atoms with Crippen LogP contribution in [0, 0.1) is 23.6 Å². The van der Waals surface area contributed by atoms with Gasteiger partial charge in [0.05, 0.1) is 6.10 Å². The monoisotopic (exact) mass is 250 g/mol. The van der Waals surface area contributed by atoms with E-state index < -0.39 is 0 Å². The van der Waals surface area contributed by atoms with Crippen LogP contribution in [0.5, 0.6) is 0 Å². The minimum absolute atomic E-state index is 0.215. The summed E-state index contributed by atoms with van der Waals surface area (Å²) in [5, 5.41) is 10.3. The van der Waals surface area contributed by atoms with Gasteiger partial charge in [-0.3, -0.25) is 0 Å². The lowest BCUT2D eigenvalue weighted by Crippen LogP contribution is -2.30. The number of aliphatic hydroxyl groups is 1. The van der Waals surface area contributed by atoms with Crippen molar-refractivity contribution in [2.45, 2.75) is 45.6 Å². The van der Waals surface area contributed by atoms with E-state index >= 15 is 0 Å². The van der Waals surface area contributed by atoms with Crippen molar-refractivity contribution in [1.29, 1.82) is 0 Å². The lowest BCUT2D eigenvalue weighted by atomic mass is 9.73. The van der Waals surface area contributed by atoms with E-state index in [2.05, 4.69) is 13.8 Å². The third kappa shape index (κ3) is 3.55. The first-order valence-electron chi connectivity index (χ1n) is 6.97. The zero-order valence-electron chi connectivity index (χ0n) is 11.3. The van der Waals surface area contributed by atoms with Crippen LogP contribution < -0.4 is 0 Å². The van der Waals surface area contributed by atoms with Gasteiger partial charge in [0.1, 0.15) is 5.82 Å². The lowest BCUT2D eigenvalue weighted by molar-refractivity contribution is 0.0561. The van der Waals surface area contributed by atoms with Gasteiger partial charge >= 0.3 is 0 Å². The average molecular weight is 250 g/mol. The molecule has 1 saturated carbocycles. The third-order valence-corrected chi connectivity index (χ3v) is 4.12. The first kappa shape index (κ1) is 13.5. The molecule has 2 rings (SSSR count). The van der Waals surface area contributed by atoms with Crippen LogP contribution in [0.2, 0.25) is 0 Å². The molecule has 3 atom stereocenters. The van der Waals surface area contributed by atoms with Crippen LogP contribution in [0.3, 0.4) is 0 Å². The topological polar surface area (TPSA) is 20.2 Å². The van der Waals surface area contributed by atoms with Gasteiger partial charge in [-0.15, -0.1) is 0 Å². The SMILES string of the molecule is CC1CC(C)CC(C(O)Cc2ccc(F)cc2)C1. The van der Waals surface area contributed by atoms with Gasteiger partial charge in [-0.05, 0) is 61.1 Å². The highest BCUT2D eigenvalue weighted by Crippen LogP contribution is 2.35. The van der Waals surface area contributed by atoms with Crippen LogP contribution >= 0.6 is 0 Å². The Morgan fingerprint density at radius 2 is 1.67 bits per heavy atom. The molecule has 2 heteroatoms. The molecule has 0 aromatic heterocycles. The van der Waals surface area contributed by atoms with Crippen molar-refractivity contribution in [3.63, 3.8) is 0 Å². The van der Waals surface area contributed by atoms with Crippen LogP contribution in [-0.4, -0.2) is 11.2 Å². The lowest BCUT2D eigenvalue weighted by Gasteiger charge is -2.34. The van der Waals surface area contributed by atoms with E-state index in [-0.39, 0.29) is 11.9 Å². The molecule has 0 saturated heterocycles. The number of halogens is 1. The summed E-state index contributed by atoms with van der Waals surface area (Å²) in [7, 11) is 0. The van der Waals surface area contributed by atoms with Crippen molar-refractivity contribution in [2.24, 2.45) is 17.8 Å². The number of hydrogen-bond donors (Lipinski definition) is 1. The highest BCUT2D eigenvalue weighted by Gasteiger charge is 2.28. The molecule has 0 heterocycles. The maximum absolute atomic E-state index is 12.8. The first-order valence-corrected chi connectivity index (χ1v) is 6.97. The Kier molecular flexibility index (Phi) is 4.39. The number of aliphatic hydroxyl groups excluding tert-OH is 1. The van der Waals surface area contributed by atoms with E-state index in [1.807, 2.05) is 0 Å². The molecule has 1 fully saturated rings. The second-order valence-corrected chi connectivity index (χ2v) is 6.08. The minimum atomic E-state index is -0.291. The van der Waals surface area contributed by atoms with Gasteiger partial charge in [-0.25, -0.2) is 4.39 Å².